The summed E-state index contributed by atoms with van der Waals surface area (Å²) in [7, 11) is -5.64. The summed E-state index contributed by atoms with van der Waals surface area (Å²) in [6, 6.07) is 21.6. The number of rotatable bonds is 9. The number of nitrogens with zero attached hydrogens (tertiary/aromatic N) is 4. The van der Waals surface area contributed by atoms with Crippen LogP contribution in [-0.2, 0) is 26.7 Å². The van der Waals surface area contributed by atoms with Gasteiger partial charge in [0.1, 0.15) is 12.1 Å². The van der Waals surface area contributed by atoms with Gasteiger partial charge in [0, 0.05) is 31.9 Å². The zero-order valence-electron chi connectivity index (χ0n) is 24.6. The summed E-state index contributed by atoms with van der Waals surface area (Å²) in [5.74, 6) is 0.537. The Labute approximate surface area is 245 Å². The fourth-order valence-electron chi connectivity index (χ4n) is 5.21. The van der Waals surface area contributed by atoms with E-state index in [1.165, 1.54) is 15.9 Å². The summed E-state index contributed by atoms with van der Waals surface area (Å²) < 4.78 is 34.8. The van der Waals surface area contributed by atoms with Crippen molar-refractivity contribution in [1.82, 2.24) is 18.8 Å². The molecule has 0 bridgehead atoms. The third kappa shape index (κ3) is 6.89. The van der Waals surface area contributed by atoms with Crippen molar-refractivity contribution in [3.05, 3.63) is 90.4 Å². The second-order valence-electron chi connectivity index (χ2n) is 12.6. The zero-order chi connectivity index (χ0) is 29.3. The van der Waals surface area contributed by atoms with Crippen LogP contribution >= 0.6 is 0 Å². The highest BCUT2D eigenvalue weighted by molar-refractivity contribution is 7.89. The van der Waals surface area contributed by atoms with Crippen LogP contribution in [0.2, 0.25) is 18.1 Å². The maximum absolute atomic E-state index is 13.3. The first-order valence-electron chi connectivity index (χ1n) is 14.2. The highest BCUT2D eigenvalue weighted by Gasteiger charge is 2.41. The highest BCUT2D eigenvalue weighted by Crippen LogP contribution is 2.38. The molecule has 1 saturated heterocycles. The number of fused-ring (bicyclic) bond motifs is 1. The van der Waals surface area contributed by atoms with Crippen molar-refractivity contribution < 1.29 is 12.8 Å². The third-order valence-electron chi connectivity index (χ3n) is 8.28. The monoisotopic (exact) mass is 591 g/mol. The number of aromatic nitrogens is 3. The van der Waals surface area contributed by atoms with E-state index in [1.807, 2.05) is 36.4 Å². The van der Waals surface area contributed by atoms with Crippen LogP contribution in [0.25, 0.3) is 11.0 Å². The Morgan fingerprint density at radius 2 is 1.61 bits per heavy atom. The average Bonchev–Trinajstić information content (AvgIpc) is 3.35. The van der Waals surface area contributed by atoms with Crippen LogP contribution in [0, 0.1) is 0 Å². The first-order chi connectivity index (χ1) is 19.4. The van der Waals surface area contributed by atoms with Crippen LogP contribution < -0.4 is 5.32 Å². The van der Waals surface area contributed by atoms with E-state index in [4.69, 9.17) is 4.43 Å². The Balaban J connectivity index is 1.39. The van der Waals surface area contributed by atoms with Gasteiger partial charge < -0.3 is 9.74 Å². The number of hydrogen-bond acceptors (Lipinski definition) is 7. The van der Waals surface area contributed by atoms with E-state index in [2.05, 4.69) is 78.3 Å². The maximum atomic E-state index is 13.3. The quantitative estimate of drug-likeness (QED) is 0.243. The molecule has 0 radical (unpaired) electrons. The minimum absolute atomic E-state index is 0.0737. The number of piperidine rings is 1. The van der Waals surface area contributed by atoms with E-state index < -0.39 is 18.3 Å². The predicted octanol–water partition coefficient (Wildman–Crippen LogP) is 5.89. The van der Waals surface area contributed by atoms with Crippen LogP contribution in [0.4, 0.5) is 5.82 Å². The summed E-state index contributed by atoms with van der Waals surface area (Å²) in [5, 5.41) is 4.45. The van der Waals surface area contributed by atoms with Gasteiger partial charge in [-0.3, -0.25) is 4.90 Å². The summed E-state index contributed by atoms with van der Waals surface area (Å²) in [6.07, 6.45) is 3.94. The Morgan fingerprint density at radius 3 is 2.27 bits per heavy atom. The molecule has 2 atom stereocenters. The SMILES string of the molecule is CC(C)(C)[Si](C)(C)O[C@@H]1C[C@@H](Nc2ncnc3c2ccn3S(=O)(=O)Cc2ccccc2)CN(Cc2ccccc2)C1. The molecule has 2 aromatic heterocycles. The molecule has 1 aliphatic heterocycles. The molecule has 8 nitrogen and oxygen atoms in total. The molecule has 1 fully saturated rings. The molecule has 0 unspecified atom stereocenters. The standard InChI is InChI=1S/C31H41N5O3SSi/c1-31(2,3)41(4,5)39-27-18-26(20-35(21-27)19-24-12-8-6-9-13-24)34-29-28-16-17-36(30(28)33-23-32-29)40(37,38)22-25-14-10-7-11-15-25/h6-17,23,26-27H,18-22H2,1-5H3,(H,32,33,34)/t26-,27-/m1/s1. The first kappa shape index (κ1) is 29.4. The number of hydrogen-bond donors (Lipinski definition) is 1. The molecule has 10 heteroatoms. The number of likely N-dealkylation sites (tertiary alicyclic amines) is 1. The molecule has 1 aliphatic rings. The highest BCUT2D eigenvalue weighted by atomic mass is 32.2. The lowest BCUT2D eigenvalue weighted by molar-refractivity contribution is 0.0675. The van der Waals surface area contributed by atoms with Gasteiger partial charge in [-0.2, -0.15) is 0 Å². The summed E-state index contributed by atoms with van der Waals surface area (Å²) in [4.78, 5) is 11.4. The molecule has 218 valence electrons. The molecule has 5 rings (SSSR count). The largest absolute Gasteiger partial charge is 0.413 e. The van der Waals surface area contributed by atoms with Crippen LogP contribution in [0.5, 0.6) is 0 Å². The van der Waals surface area contributed by atoms with Crippen LogP contribution in [0.15, 0.2) is 79.3 Å². The second kappa shape index (κ2) is 11.7. The lowest BCUT2D eigenvalue weighted by atomic mass is 10.0. The van der Waals surface area contributed by atoms with Crippen molar-refractivity contribution in [2.24, 2.45) is 0 Å². The van der Waals surface area contributed by atoms with Gasteiger partial charge in [-0.05, 0) is 41.7 Å². The second-order valence-corrected chi connectivity index (χ2v) is 19.2. The minimum atomic E-state index is -3.66. The molecule has 2 aromatic carbocycles. The first-order valence-corrected chi connectivity index (χ1v) is 18.7. The molecular weight excluding hydrogens is 551 g/mol. The van der Waals surface area contributed by atoms with E-state index in [0.29, 0.717) is 16.9 Å². The molecule has 3 heterocycles. The Kier molecular flexibility index (Phi) is 8.38. The number of anilines is 1. The van der Waals surface area contributed by atoms with Crippen LogP contribution in [0.1, 0.15) is 38.3 Å². The van der Waals surface area contributed by atoms with Gasteiger partial charge in [-0.15, -0.1) is 0 Å². The van der Waals surface area contributed by atoms with E-state index >= 15 is 0 Å². The fourth-order valence-corrected chi connectivity index (χ4v) is 7.98. The topological polar surface area (TPSA) is 89.3 Å². The molecule has 0 amide bonds. The summed E-state index contributed by atoms with van der Waals surface area (Å²) >= 11 is 0. The number of benzene rings is 2. The summed E-state index contributed by atoms with van der Waals surface area (Å²) in [5.41, 5.74) is 2.38. The lowest BCUT2D eigenvalue weighted by Gasteiger charge is -2.44. The molecular formula is C31H41N5O3SSi. The maximum Gasteiger partial charge on any atom is 0.244 e. The molecule has 0 saturated carbocycles. The Hall–Kier alpha value is -3.05. The predicted molar refractivity (Wildman–Crippen MR) is 168 cm³/mol. The van der Waals surface area contributed by atoms with Crippen molar-refractivity contribution in [1.29, 1.82) is 0 Å². The van der Waals surface area contributed by atoms with Gasteiger partial charge >= 0.3 is 0 Å². The molecule has 0 spiro atoms. The third-order valence-corrected chi connectivity index (χ3v) is 14.4. The van der Waals surface area contributed by atoms with Gasteiger partial charge in [-0.1, -0.05) is 81.4 Å². The normalized spacial score (nSPS) is 19.0. The molecule has 4 aromatic rings. The van der Waals surface area contributed by atoms with E-state index in [1.54, 1.807) is 12.3 Å². The fraction of sp³-hybridized carbons (Fsp3) is 0.419. The molecule has 1 N–H and O–H groups in total. The molecule has 0 aliphatic carbocycles. The van der Waals surface area contributed by atoms with E-state index in [-0.39, 0.29) is 22.9 Å². The summed E-state index contributed by atoms with van der Waals surface area (Å²) in [6.45, 7) is 14.0. The lowest BCUT2D eigenvalue weighted by Crippen LogP contribution is -2.53. The van der Waals surface area contributed by atoms with Crippen LogP contribution in [-0.4, -0.2) is 60.8 Å². The Morgan fingerprint density at radius 1 is 0.951 bits per heavy atom. The zero-order valence-corrected chi connectivity index (χ0v) is 26.4. The van der Waals surface area contributed by atoms with Gasteiger partial charge in [0.25, 0.3) is 0 Å². The van der Waals surface area contributed by atoms with Crippen LogP contribution in [0.3, 0.4) is 0 Å². The van der Waals surface area contributed by atoms with Crippen molar-refractivity contribution in [3.63, 3.8) is 0 Å². The Bertz CT molecular complexity index is 1570. The average molecular weight is 592 g/mol. The molecule has 41 heavy (non-hydrogen) atoms. The van der Waals surface area contributed by atoms with E-state index in [9.17, 15) is 8.42 Å². The van der Waals surface area contributed by atoms with Crippen molar-refractivity contribution in [2.75, 3.05) is 18.4 Å². The number of nitrogens with one attached hydrogen (secondary N) is 1. The smallest absolute Gasteiger partial charge is 0.244 e. The van der Waals surface area contributed by atoms with E-state index in [0.717, 1.165) is 31.6 Å². The minimum Gasteiger partial charge on any atom is -0.413 e. The van der Waals surface area contributed by atoms with Crippen molar-refractivity contribution in [2.45, 2.75) is 69.8 Å². The van der Waals surface area contributed by atoms with Gasteiger partial charge in [0.05, 0.1) is 17.2 Å². The van der Waals surface area contributed by atoms with Gasteiger partial charge in [0.2, 0.25) is 10.0 Å². The van der Waals surface area contributed by atoms with Crippen molar-refractivity contribution >= 4 is 35.2 Å². The van der Waals surface area contributed by atoms with Gasteiger partial charge in [-0.25, -0.2) is 22.4 Å². The van der Waals surface area contributed by atoms with Crippen molar-refractivity contribution in [3.8, 4) is 0 Å². The van der Waals surface area contributed by atoms with Gasteiger partial charge in [0.15, 0.2) is 14.0 Å².